The number of benzene rings is 1. The van der Waals surface area contributed by atoms with E-state index in [0.29, 0.717) is 13.2 Å². The van der Waals surface area contributed by atoms with Gasteiger partial charge in [0.15, 0.2) is 0 Å². The summed E-state index contributed by atoms with van der Waals surface area (Å²) in [4.78, 5) is 2.29. The van der Waals surface area contributed by atoms with Crippen LogP contribution in [0.25, 0.3) is 11.1 Å². The minimum Gasteiger partial charge on any atom is -0.490 e. The molecule has 1 N–H and O–H groups in total. The fraction of sp³-hybridized carbons (Fsp3) is 0.412. The Hall–Kier alpha value is -1.78. The molecule has 4 nitrogen and oxygen atoms in total. The molecule has 0 saturated carbocycles. The number of nitrogens with zero attached hydrogens (tertiary/aromatic N) is 1. The zero-order chi connectivity index (χ0) is 14.5. The third-order valence-corrected chi connectivity index (χ3v) is 3.82. The van der Waals surface area contributed by atoms with Crippen LogP contribution in [0.15, 0.2) is 47.3 Å². The van der Waals surface area contributed by atoms with Crippen LogP contribution in [0.4, 0.5) is 0 Å². The van der Waals surface area contributed by atoms with Crippen molar-refractivity contribution in [3.8, 4) is 16.9 Å². The maximum absolute atomic E-state index is 10.1. The van der Waals surface area contributed by atoms with Gasteiger partial charge in [-0.3, -0.25) is 0 Å². The molecular formula is C17H21NO3. The normalized spacial score (nSPS) is 17.0. The van der Waals surface area contributed by atoms with Gasteiger partial charge in [0, 0.05) is 17.7 Å². The van der Waals surface area contributed by atoms with Crippen LogP contribution in [0.3, 0.4) is 0 Å². The monoisotopic (exact) mass is 287 g/mol. The number of aliphatic hydroxyl groups excluding tert-OH is 1. The Morgan fingerprint density at radius 2 is 2.00 bits per heavy atom. The van der Waals surface area contributed by atoms with E-state index in [2.05, 4.69) is 4.90 Å². The molecule has 1 saturated heterocycles. The molecule has 112 valence electrons. The minimum atomic E-state index is -0.458. The van der Waals surface area contributed by atoms with Gasteiger partial charge in [-0.05, 0) is 38.1 Å². The molecule has 2 heterocycles. The van der Waals surface area contributed by atoms with Crippen LogP contribution in [0, 0.1) is 0 Å². The molecule has 1 atom stereocenters. The van der Waals surface area contributed by atoms with Gasteiger partial charge in [0.1, 0.15) is 18.5 Å². The summed E-state index contributed by atoms with van der Waals surface area (Å²) in [6, 6.07) is 9.72. The summed E-state index contributed by atoms with van der Waals surface area (Å²) in [6.07, 6.45) is 5.35. The van der Waals surface area contributed by atoms with E-state index < -0.39 is 6.10 Å². The number of ether oxygens (including phenoxy) is 1. The van der Waals surface area contributed by atoms with E-state index in [1.54, 1.807) is 12.5 Å². The van der Waals surface area contributed by atoms with Crippen LogP contribution in [-0.2, 0) is 0 Å². The van der Waals surface area contributed by atoms with Gasteiger partial charge in [-0.15, -0.1) is 0 Å². The third-order valence-electron chi connectivity index (χ3n) is 3.82. The number of furan rings is 1. The van der Waals surface area contributed by atoms with Gasteiger partial charge in [-0.1, -0.05) is 18.2 Å². The molecule has 0 bridgehead atoms. The van der Waals surface area contributed by atoms with E-state index in [4.69, 9.17) is 9.15 Å². The zero-order valence-corrected chi connectivity index (χ0v) is 12.1. The lowest BCUT2D eigenvalue weighted by atomic mass is 10.1. The Bertz CT molecular complexity index is 547. The lowest BCUT2D eigenvalue weighted by molar-refractivity contribution is 0.0760. The van der Waals surface area contributed by atoms with Crippen LogP contribution in [0.2, 0.25) is 0 Å². The second-order valence-electron chi connectivity index (χ2n) is 5.48. The average molecular weight is 287 g/mol. The van der Waals surface area contributed by atoms with Crippen molar-refractivity contribution in [3.63, 3.8) is 0 Å². The van der Waals surface area contributed by atoms with Gasteiger partial charge in [0.25, 0.3) is 0 Å². The van der Waals surface area contributed by atoms with Gasteiger partial charge in [0.2, 0.25) is 0 Å². The molecule has 3 rings (SSSR count). The molecule has 1 aliphatic heterocycles. The third kappa shape index (κ3) is 3.65. The number of rotatable bonds is 6. The number of β-amino-alcohol motifs (C(OH)–C–C–N with tert-alkyl or cyclic N) is 1. The number of hydrogen-bond donors (Lipinski definition) is 1. The molecule has 1 aromatic heterocycles. The first kappa shape index (κ1) is 14.2. The summed E-state index contributed by atoms with van der Waals surface area (Å²) in [6.45, 7) is 3.17. The van der Waals surface area contributed by atoms with Crippen LogP contribution in [0.5, 0.6) is 5.75 Å². The van der Waals surface area contributed by atoms with Crippen molar-refractivity contribution < 1.29 is 14.3 Å². The maximum Gasteiger partial charge on any atom is 0.127 e. The Morgan fingerprint density at radius 1 is 1.19 bits per heavy atom. The molecule has 1 unspecified atom stereocenters. The Morgan fingerprint density at radius 3 is 2.76 bits per heavy atom. The number of para-hydroxylation sites is 1. The van der Waals surface area contributed by atoms with Crippen molar-refractivity contribution in [3.05, 3.63) is 42.9 Å². The van der Waals surface area contributed by atoms with Gasteiger partial charge in [0.05, 0.1) is 12.5 Å². The van der Waals surface area contributed by atoms with Gasteiger partial charge >= 0.3 is 0 Å². The number of likely N-dealkylation sites (tertiary alicyclic amines) is 1. The first-order valence-electron chi connectivity index (χ1n) is 7.48. The van der Waals surface area contributed by atoms with Crippen molar-refractivity contribution in [1.82, 2.24) is 4.90 Å². The SMILES string of the molecule is OC(COc1ccccc1-c1ccoc1)CN1CCCC1. The van der Waals surface area contributed by atoms with E-state index in [-0.39, 0.29) is 0 Å². The number of aliphatic hydroxyl groups is 1. The minimum absolute atomic E-state index is 0.311. The van der Waals surface area contributed by atoms with Crippen molar-refractivity contribution in [1.29, 1.82) is 0 Å². The van der Waals surface area contributed by atoms with Crippen LogP contribution >= 0.6 is 0 Å². The summed E-state index contributed by atoms with van der Waals surface area (Å²) < 4.78 is 10.9. The highest BCUT2D eigenvalue weighted by Gasteiger charge is 2.16. The maximum atomic E-state index is 10.1. The van der Waals surface area contributed by atoms with Gasteiger partial charge in [-0.2, -0.15) is 0 Å². The standard InChI is InChI=1S/C17H21NO3/c19-15(11-18-8-3-4-9-18)13-21-17-6-2-1-5-16(17)14-7-10-20-12-14/h1-2,5-7,10,12,15,19H,3-4,8-9,11,13H2. The quantitative estimate of drug-likeness (QED) is 0.887. The molecule has 1 aromatic carbocycles. The highest BCUT2D eigenvalue weighted by atomic mass is 16.5. The largest absolute Gasteiger partial charge is 0.490 e. The fourth-order valence-corrected chi connectivity index (χ4v) is 2.75. The molecular weight excluding hydrogens is 266 g/mol. The van der Waals surface area contributed by atoms with E-state index in [1.165, 1.54) is 12.8 Å². The first-order valence-corrected chi connectivity index (χ1v) is 7.48. The number of hydrogen-bond acceptors (Lipinski definition) is 4. The summed E-state index contributed by atoms with van der Waals surface area (Å²) in [5.41, 5.74) is 1.97. The lowest BCUT2D eigenvalue weighted by Gasteiger charge is -2.20. The van der Waals surface area contributed by atoms with Crippen LogP contribution < -0.4 is 4.74 Å². The molecule has 21 heavy (non-hydrogen) atoms. The second-order valence-corrected chi connectivity index (χ2v) is 5.48. The Kier molecular flexibility index (Phi) is 4.58. The van der Waals surface area contributed by atoms with Crippen LogP contribution in [-0.4, -0.2) is 42.4 Å². The predicted octanol–water partition coefficient (Wildman–Crippen LogP) is 2.78. The fourth-order valence-electron chi connectivity index (χ4n) is 2.75. The second kappa shape index (κ2) is 6.78. The van der Waals surface area contributed by atoms with Crippen molar-refractivity contribution in [2.45, 2.75) is 18.9 Å². The molecule has 0 amide bonds. The highest BCUT2D eigenvalue weighted by molar-refractivity contribution is 5.69. The Balaban J connectivity index is 1.60. The first-order chi connectivity index (χ1) is 10.3. The van der Waals surface area contributed by atoms with Crippen LogP contribution in [0.1, 0.15) is 12.8 Å². The van der Waals surface area contributed by atoms with E-state index >= 15 is 0 Å². The molecule has 4 heteroatoms. The highest BCUT2D eigenvalue weighted by Crippen LogP contribution is 2.30. The summed E-state index contributed by atoms with van der Waals surface area (Å²) in [7, 11) is 0. The molecule has 0 radical (unpaired) electrons. The summed E-state index contributed by atoms with van der Waals surface area (Å²) in [5.74, 6) is 0.777. The molecule has 2 aromatic rings. The van der Waals surface area contributed by atoms with Crippen molar-refractivity contribution in [2.24, 2.45) is 0 Å². The van der Waals surface area contributed by atoms with Gasteiger partial charge < -0.3 is 19.2 Å². The van der Waals surface area contributed by atoms with Crippen molar-refractivity contribution >= 4 is 0 Å². The van der Waals surface area contributed by atoms with E-state index in [1.807, 2.05) is 30.3 Å². The zero-order valence-electron chi connectivity index (χ0n) is 12.1. The van der Waals surface area contributed by atoms with Gasteiger partial charge in [-0.25, -0.2) is 0 Å². The average Bonchev–Trinajstić information content (AvgIpc) is 3.18. The van der Waals surface area contributed by atoms with Crippen molar-refractivity contribution in [2.75, 3.05) is 26.2 Å². The topological polar surface area (TPSA) is 45.8 Å². The summed E-state index contributed by atoms with van der Waals surface area (Å²) >= 11 is 0. The predicted molar refractivity (Wildman–Crippen MR) is 81.3 cm³/mol. The smallest absolute Gasteiger partial charge is 0.127 e. The lowest BCUT2D eigenvalue weighted by Crippen LogP contribution is -2.33. The van der Waals surface area contributed by atoms with E-state index in [9.17, 15) is 5.11 Å². The molecule has 0 aliphatic carbocycles. The molecule has 1 fully saturated rings. The summed E-state index contributed by atoms with van der Waals surface area (Å²) in [5, 5.41) is 10.1. The Labute approximate surface area is 124 Å². The molecule has 0 spiro atoms. The molecule has 1 aliphatic rings. The van der Waals surface area contributed by atoms with E-state index in [0.717, 1.165) is 30.0 Å².